The molecule has 3 nitrogen and oxygen atoms in total. The first-order valence-corrected chi connectivity index (χ1v) is 10.3. The van der Waals surface area contributed by atoms with Crippen LogP contribution in [0, 0.1) is 24.7 Å². The predicted molar refractivity (Wildman–Crippen MR) is 94.9 cm³/mol. The summed E-state index contributed by atoms with van der Waals surface area (Å²) >= 11 is 0. The highest BCUT2D eigenvalue weighted by molar-refractivity contribution is 5.03. The number of aromatic nitrogens is 1. The van der Waals surface area contributed by atoms with Gasteiger partial charge in [0.05, 0.1) is 11.3 Å². The van der Waals surface area contributed by atoms with Crippen molar-refractivity contribution in [2.24, 2.45) is 17.8 Å². The lowest BCUT2D eigenvalue weighted by atomic mass is 9.54. The fraction of sp³-hybridized carbons (Fsp3) is 0.857. The first-order chi connectivity index (χ1) is 11.7. The molecular weight excluding hydrogens is 298 g/mol. The summed E-state index contributed by atoms with van der Waals surface area (Å²) in [6.07, 6.45) is 16.0. The van der Waals surface area contributed by atoms with E-state index >= 15 is 0 Å². The zero-order chi connectivity index (χ0) is 16.4. The number of unbranched alkanes of at least 4 members (excludes halogenated alkanes) is 4. The van der Waals surface area contributed by atoms with Gasteiger partial charge in [0, 0.05) is 19.1 Å². The molecule has 0 saturated heterocycles. The van der Waals surface area contributed by atoms with Crippen molar-refractivity contribution in [1.82, 2.24) is 5.16 Å². The van der Waals surface area contributed by atoms with Crippen LogP contribution in [-0.2, 0) is 11.2 Å². The van der Waals surface area contributed by atoms with Crippen LogP contribution in [0.25, 0.3) is 0 Å². The Morgan fingerprint density at radius 1 is 1.00 bits per heavy atom. The van der Waals surface area contributed by atoms with Crippen molar-refractivity contribution in [3.05, 3.63) is 17.5 Å². The zero-order valence-electron chi connectivity index (χ0n) is 15.3. The number of hydrogen-bond acceptors (Lipinski definition) is 3. The third-order valence-electron chi connectivity index (χ3n) is 6.63. The summed E-state index contributed by atoms with van der Waals surface area (Å²) in [6, 6.07) is 2.05. The molecule has 4 saturated carbocycles. The lowest BCUT2D eigenvalue weighted by molar-refractivity contribution is -0.162. The lowest BCUT2D eigenvalue weighted by Crippen LogP contribution is -2.52. The highest BCUT2D eigenvalue weighted by Crippen LogP contribution is 2.57. The Balaban J connectivity index is 1.07. The molecule has 1 aromatic heterocycles. The highest BCUT2D eigenvalue weighted by Gasteiger charge is 2.51. The molecule has 5 rings (SSSR count). The molecule has 4 bridgehead atoms. The Bertz CT molecular complexity index is 500. The van der Waals surface area contributed by atoms with E-state index in [1.807, 2.05) is 6.92 Å². The van der Waals surface area contributed by atoms with Crippen molar-refractivity contribution < 1.29 is 9.26 Å². The normalized spacial score (nSPS) is 34.1. The van der Waals surface area contributed by atoms with E-state index < -0.39 is 0 Å². The smallest absolute Gasteiger partial charge is 0.136 e. The first-order valence-electron chi connectivity index (χ1n) is 10.3. The third kappa shape index (κ3) is 3.87. The van der Waals surface area contributed by atoms with Gasteiger partial charge in [-0.3, -0.25) is 0 Å². The SMILES string of the molecule is Cc1cc(CCCCCCCOC23CC4CC(CC(C4)C2)C3)on1. The monoisotopic (exact) mass is 331 g/mol. The second-order valence-electron chi connectivity index (χ2n) is 8.90. The average molecular weight is 332 g/mol. The summed E-state index contributed by atoms with van der Waals surface area (Å²) < 4.78 is 11.8. The van der Waals surface area contributed by atoms with Gasteiger partial charge in [0.25, 0.3) is 0 Å². The first kappa shape index (κ1) is 16.6. The number of aryl methyl sites for hydroxylation is 2. The summed E-state index contributed by atoms with van der Waals surface area (Å²) in [5, 5.41) is 3.94. The topological polar surface area (TPSA) is 35.3 Å². The number of nitrogens with zero attached hydrogens (tertiary/aromatic N) is 1. The largest absolute Gasteiger partial charge is 0.375 e. The van der Waals surface area contributed by atoms with Crippen LogP contribution in [0.15, 0.2) is 10.6 Å². The van der Waals surface area contributed by atoms with Crippen molar-refractivity contribution in [3.63, 3.8) is 0 Å². The number of hydrogen-bond donors (Lipinski definition) is 0. The van der Waals surface area contributed by atoms with Crippen LogP contribution >= 0.6 is 0 Å². The molecule has 4 aliphatic carbocycles. The zero-order valence-corrected chi connectivity index (χ0v) is 15.3. The summed E-state index contributed by atoms with van der Waals surface area (Å²) in [6.45, 7) is 2.98. The molecule has 0 spiro atoms. The fourth-order valence-corrected chi connectivity index (χ4v) is 5.96. The molecule has 0 unspecified atom stereocenters. The molecule has 0 aliphatic heterocycles. The van der Waals surface area contributed by atoms with E-state index in [1.54, 1.807) is 0 Å². The van der Waals surface area contributed by atoms with Gasteiger partial charge >= 0.3 is 0 Å². The lowest BCUT2D eigenvalue weighted by Gasteiger charge is -2.56. The Kier molecular flexibility index (Phi) is 4.98. The summed E-state index contributed by atoms with van der Waals surface area (Å²) in [7, 11) is 0. The molecule has 3 heteroatoms. The van der Waals surface area contributed by atoms with E-state index in [0.29, 0.717) is 5.60 Å². The average Bonchev–Trinajstić information content (AvgIpc) is 2.94. The number of ether oxygens (including phenoxy) is 1. The van der Waals surface area contributed by atoms with Crippen molar-refractivity contribution in [3.8, 4) is 0 Å². The maximum Gasteiger partial charge on any atom is 0.136 e. The van der Waals surface area contributed by atoms with Crippen molar-refractivity contribution >= 4 is 0 Å². The molecule has 0 N–H and O–H groups in total. The molecule has 0 atom stereocenters. The van der Waals surface area contributed by atoms with E-state index in [1.165, 1.54) is 70.6 Å². The minimum absolute atomic E-state index is 0.304. The number of rotatable bonds is 9. The maximum absolute atomic E-state index is 6.50. The standard InChI is InChI=1S/C21H33NO2/c1-16-9-20(24-22-16)7-5-3-2-4-6-8-23-21-13-17-10-18(14-21)12-19(11-17)15-21/h9,17-19H,2-8,10-15H2,1H3. The second-order valence-corrected chi connectivity index (χ2v) is 8.90. The van der Waals surface area contributed by atoms with Crippen molar-refractivity contribution in [2.45, 2.75) is 89.6 Å². The van der Waals surface area contributed by atoms with Gasteiger partial charge in [-0.05, 0) is 76.0 Å². The van der Waals surface area contributed by atoms with Gasteiger partial charge in [-0.25, -0.2) is 0 Å². The van der Waals surface area contributed by atoms with E-state index in [4.69, 9.17) is 9.26 Å². The molecule has 1 aromatic rings. The molecule has 4 fully saturated rings. The van der Waals surface area contributed by atoms with Gasteiger partial charge in [-0.1, -0.05) is 24.4 Å². The van der Waals surface area contributed by atoms with E-state index in [-0.39, 0.29) is 0 Å². The molecule has 0 radical (unpaired) electrons. The van der Waals surface area contributed by atoms with E-state index in [2.05, 4.69) is 11.2 Å². The maximum atomic E-state index is 6.50. The van der Waals surface area contributed by atoms with Gasteiger partial charge < -0.3 is 9.26 Å². The quantitative estimate of drug-likeness (QED) is 0.563. The van der Waals surface area contributed by atoms with Crippen LogP contribution in [0.3, 0.4) is 0 Å². The van der Waals surface area contributed by atoms with Gasteiger partial charge in [0.15, 0.2) is 0 Å². The minimum Gasteiger partial charge on any atom is -0.375 e. The second kappa shape index (κ2) is 7.19. The molecule has 0 aromatic carbocycles. The molecule has 4 aliphatic rings. The summed E-state index contributed by atoms with van der Waals surface area (Å²) in [5.74, 6) is 4.03. The van der Waals surface area contributed by atoms with Crippen molar-refractivity contribution in [1.29, 1.82) is 0 Å². The van der Waals surface area contributed by atoms with Crippen LogP contribution in [0.5, 0.6) is 0 Å². The molecule has 134 valence electrons. The molecule has 24 heavy (non-hydrogen) atoms. The molecular formula is C21H33NO2. The summed E-state index contributed by atoms with van der Waals surface area (Å²) in [5.41, 5.74) is 1.30. The van der Waals surface area contributed by atoms with Crippen LogP contribution in [0.1, 0.15) is 82.1 Å². The van der Waals surface area contributed by atoms with Gasteiger partial charge in [0.2, 0.25) is 0 Å². The van der Waals surface area contributed by atoms with Crippen LogP contribution in [-0.4, -0.2) is 17.4 Å². The molecule has 1 heterocycles. The Hall–Kier alpha value is -0.830. The van der Waals surface area contributed by atoms with E-state index in [9.17, 15) is 0 Å². The van der Waals surface area contributed by atoms with Gasteiger partial charge in [0.1, 0.15) is 5.76 Å². The van der Waals surface area contributed by atoms with Crippen LogP contribution in [0.2, 0.25) is 0 Å². The van der Waals surface area contributed by atoms with Crippen LogP contribution in [0.4, 0.5) is 0 Å². The third-order valence-corrected chi connectivity index (χ3v) is 6.63. The minimum atomic E-state index is 0.304. The van der Waals surface area contributed by atoms with E-state index in [0.717, 1.165) is 42.2 Å². The van der Waals surface area contributed by atoms with Gasteiger partial charge in [-0.15, -0.1) is 0 Å². The predicted octanol–water partition coefficient (Wildman–Crippen LogP) is 5.46. The Morgan fingerprint density at radius 3 is 2.25 bits per heavy atom. The van der Waals surface area contributed by atoms with Crippen molar-refractivity contribution in [2.75, 3.05) is 6.61 Å². The Morgan fingerprint density at radius 2 is 1.62 bits per heavy atom. The highest BCUT2D eigenvalue weighted by atomic mass is 16.5. The summed E-state index contributed by atoms with van der Waals surface area (Å²) in [4.78, 5) is 0. The van der Waals surface area contributed by atoms with Crippen LogP contribution < -0.4 is 0 Å². The molecule has 0 amide bonds. The Labute approximate surface area is 146 Å². The van der Waals surface area contributed by atoms with Gasteiger partial charge in [-0.2, -0.15) is 0 Å². The fourth-order valence-electron chi connectivity index (χ4n) is 5.96.